The average molecular weight is 306 g/mol. The quantitative estimate of drug-likeness (QED) is 0.780. The summed E-state index contributed by atoms with van der Waals surface area (Å²) in [4.78, 5) is 0. The van der Waals surface area contributed by atoms with Gasteiger partial charge in [0.2, 0.25) is 0 Å². The first-order valence-corrected chi connectivity index (χ1v) is 7.58. The second kappa shape index (κ2) is 5.07. The number of hydrogen-bond acceptors (Lipinski definition) is 1. The molecule has 0 saturated carbocycles. The SMILES string of the molecule is CC1(N)CCC(c2ccc(Cl)c(Cl)c2)c2ccccc21. The van der Waals surface area contributed by atoms with Crippen molar-refractivity contribution in [1.82, 2.24) is 0 Å². The molecule has 2 N–H and O–H groups in total. The van der Waals surface area contributed by atoms with Crippen molar-refractivity contribution in [3.63, 3.8) is 0 Å². The third-order valence-electron chi connectivity index (χ3n) is 4.25. The number of halogens is 2. The molecule has 3 heteroatoms. The van der Waals surface area contributed by atoms with E-state index in [4.69, 9.17) is 28.9 Å². The number of benzene rings is 2. The molecular weight excluding hydrogens is 289 g/mol. The van der Waals surface area contributed by atoms with Crippen molar-refractivity contribution in [2.45, 2.75) is 31.2 Å². The summed E-state index contributed by atoms with van der Waals surface area (Å²) in [5.74, 6) is 0.345. The van der Waals surface area contributed by atoms with Gasteiger partial charge in [-0.05, 0) is 48.6 Å². The van der Waals surface area contributed by atoms with E-state index in [9.17, 15) is 0 Å². The van der Waals surface area contributed by atoms with Gasteiger partial charge in [0.25, 0.3) is 0 Å². The number of rotatable bonds is 1. The monoisotopic (exact) mass is 305 g/mol. The van der Waals surface area contributed by atoms with Crippen molar-refractivity contribution in [1.29, 1.82) is 0 Å². The fraction of sp³-hybridized carbons (Fsp3) is 0.294. The Labute approximate surface area is 129 Å². The molecule has 1 aliphatic carbocycles. The van der Waals surface area contributed by atoms with E-state index < -0.39 is 0 Å². The van der Waals surface area contributed by atoms with Gasteiger partial charge >= 0.3 is 0 Å². The molecule has 0 aromatic heterocycles. The first kappa shape index (κ1) is 13.9. The summed E-state index contributed by atoms with van der Waals surface area (Å²) in [5, 5.41) is 1.21. The molecule has 2 unspecified atom stereocenters. The van der Waals surface area contributed by atoms with Crippen LogP contribution in [0.25, 0.3) is 0 Å². The Morgan fingerprint density at radius 1 is 1.10 bits per heavy atom. The normalized spacial score (nSPS) is 25.3. The average Bonchev–Trinajstić information content (AvgIpc) is 2.43. The fourth-order valence-electron chi connectivity index (χ4n) is 3.13. The Morgan fingerprint density at radius 3 is 2.60 bits per heavy atom. The minimum Gasteiger partial charge on any atom is -0.322 e. The molecule has 0 radical (unpaired) electrons. The molecule has 2 aromatic carbocycles. The zero-order valence-corrected chi connectivity index (χ0v) is 12.9. The molecule has 1 nitrogen and oxygen atoms in total. The van der Waals surface area contributed by atoms with E-state index in [1.165, 1.54) is 16.7 Å². The minimum atomic E-state index is -0.247. The largest absolute Gasteiger partial charge is 0.322 e. The smallest absolute Gasteiger partial charge is 0.0595 e. The van der Waals surface area contributed by atoms with E-state index in [0.29, 0.717) is 16.0 Å². The van der Waals surface area contributed by atoms with Crippen LogP contribution in [0.5, 0.6) is 0 Å². The van der Waals surface area contributed by atoms with Gasteiger partial charge in [0, 0.05) is 11.5 Å². The van der Waals surface area contributed by atoms with Crippen LogP contribution in [0.3, 0.4) is 0 Å². The van der Waals surface area contributed by atoms with Crippen LogP contribution in [0.15, 0.2) is 42.5 Å². The van der Waals surface area contributed by atoms with Gasteiger partial charge in [-0.2, -0.15) is 0 Å². The van der Waals surface area contributed by atoms with E-state index in [0.717, 1.165) is 12.8 Å². The molecule has 0 amide bonds. The van der Waals surface area contributed by atoms with Gasteiger partial charge in [0.15, 0.2) is 0 Å². The van der Waals surface area contributed by atoms with E-state index in [-0.39, 0.29) is 5.54 Å². The predicted octanol–water partition coefficient (Wildman–Crippen LogP) is 5.09. The maximum atomic E-state index is 6.44. The van der Waals surface area contributed by atoms with Crippen LogP contribution in [-0.4, -0.2) is 0 Å². The fourth-order valence-corrected chi connectivity index (χ4v) is 3.44. The zero-order valence-electron chi connectivity index (χ0n) is 11.4. The Kier molecular flexibility index (Phi) is 3.53. The summed E-state index contributed by atoms with van der Waals surface area (Å²) in [7, 11) is 0. The van der Waals surface area contributed by atoms with Crippen LogP contribution in [-0.2, 0) is 5.54 Å². The zero-order chi connectivity index (χ0) is 14.3. The summed E-state index contributed by atoms with van der Waals surface area (Å²) in [6.45, 7) is 2.11. The lowest BCUT2D eigenvalue weighted by Gasteiger charge is -2.37. The van der Waals surface area contributed by atoms with Crippen LogP contribution >= 0.6 is 23.2 Å². The first-order valence-electron chi connectivity index (χ1n) is 6.82. The third-order valence-corrected chi connectivity index (χ3v) is 4.99. The Morgan fingerprint density at radius 2 is 1.85 bits per heavy atom. The standard InChI is InChI=1S/C17H17Cl2N/c1-17(20)9-8-12(13-4-2-3-5-14(13)17)11-6-7-15(18)16(19)10-11/h2-7,10,12H,8-9,20H2,1H3. The van der Waals surface area contributed by atoms with E-state index in [1.54, 1.807) is 0 Å². The molecule has 0 heterocycles. The van der Waals surface area contributed by atoms with Crippen molar-refractivity contribution in [2.75, 3.05) is 0 Å². The van der Waals surface area contributed by atoms with E-state index in [1.807, 2.05) is 12.1 Å². The van der Waals surface area contributed by atoms with E-state index in [2.05, 4.69) is 37.3 Å². The van der Waals surface area contributed by atoms with Gasteiger partial charge in [-0.1, -0.05) is 53.5 Å². The van der Waals surface area contributed by atoms with Crippen LogP contribution in [0, 0.1) is 0 Å². The van der Waals surface area contributed by atoms with Crippen LogP contribution in [0.2, 0.25) is 10.0 Å². The second-order valence-corrected chi connectivity index (χ2v) is 6.58. The van der Waals surface area contributed by atoms with Crippen molar-refractivity contribution in [3.8, 4) is 0 Å². The first-order chi connectivity index (χ1) is 9.49. The summed E-state index contributed by atoms with van der Waals surface area (Å²) >= 11 is 12.2. The predicted molar refractivity (Wildman–Crippen MR) is 85.5 cm³/mol. The lowest BCUT2D eigenvalue weighted by atomic mass is 9.71. The number of nitrogens with two attached hydrogens (primary N) is 1. The second-order valence-electron chi connectivity index (χ2n) is 5.77. The molecule has 0 spiro atoms. The molecule has 2 aromatic rings. The Bertz CT molecular complexity index is 649. The van der Waals surface area contributed by atoms with Crippen molar-refractivity contribution in [3.05, 3.63) is 69.2 Å². The highest BCUT2D eigenvalue weighted by Crippen LogP contribution is 2.43. The molecule has 0 saturated heterocycles. The van der Waals surface area contributed by atoms with Crippen molar-refractivity contribution < 1.29 is 0 Å². The molecule has 0 bridgehead atoms. The molecule has 104 valence electrons. The highest BCUT2D eigenvalue weighted by Gasteiger charge is 2.33. The maximum Gasteiger partial charge on any atom is 0.0595 e. The van der Waals surface area contributed by atoms with Crippen LogP contribution in [0.1, 0.15) is 42.4 Å². The molecule has 0 aliphatic heterocycles. The lowest BCUT2D eigenvalue weighted by molar-refractivity contribution is 0.391. The van der Waals surface area contributed by atoms with E-state index >= 15 is 0 Å². The van der Waals surface area contributed by atoms with Gasteiger partial charge in [0.1, 0.15) is 0 Å². The Hall–Kier alpha value is -1.02. The molecular formula is C17H17Cl2N. The number of fused-ring (bicyclic) bond motifs is 1. The maximum absolute atomic E-state index is 6.44. The van der Waals surface area contributed by atoms with Crippen LogP contribution < -0.4 is 5.73 Å². The lowest BCUT2D eigenvalue weighted by Crippen LogP contribution is -2.38. The van der Waals surface area contributed by atoms with Gasteiger partial charge < -0.3 is 5.73 Å². The summed E-state index contributed by atoms with van der Waals surface area (Å²) < 4.78 is 0. The van der Waals surface area contributed by atoms with Crippen molar-refractivity contribution in [2.24, 2.45) is 5.73 Å². The molecule has 0 fully saturated rings. The highest BCUT2D eigenvalue weighted by molar-refractivity contribution is 6.42. The molecule has 1 aliphatic rings. The molecule has 20 heavy (non-hydrogen) atoms. The van der Waals surface area contributed by atoms with Gasteiger partial charge in [-0.25, -0.2) is 0 Å². The summed E-state index contributed by atoms with van der Waals surface area (Å²) in [6.07, 6.45) is 2.00. The molecule has 3 rings (SSSR count). The van der Waals surface area contributed by atoms with Gasteiger partial charge in [-0.3, -0.25) is 0 Å². The summed E-state index contributed by atoms with van der Waals surface area (Å²) in [6, 6.07) is 14.4. The van der Waals surface area contributed by atoms with Gasteiger partial charge in [-0.15, -0.1) is 0 Å². The highest BCUT2D eigenvalue weighted by atomic mass is 35.5. The summed E-state index contributed by atoms with van der Waals surface area (Å²) in [5.41, 5.74) is 9.95. The molecule has 2 atom stereocenters. The number of hydrogen-bond donors (Lipinski definition) is 1. The minimum absolute atomic E-state index is 0.247. The topological polar surface area (TPSA) is 26.0 Å². The third kappa shape index (κ3) is 2.35. The van der Waals surface area contributed by atoms with Crippen LogP contribution in [0.4, 0.5) is 0 Å². The Balaban J connectivity index is 2.10. The van der Waals surface area contributed by atoms with Gasteiger partial charge in [0.05, 0.1) is 10.0 Å². The van der Waals surface area contributed by atoms with Crippen molar-refractivity contribution >= 4 is 23.2 Å².